The zero-order valence-corrected chi connectivity index (χ0v) is 18.1. The molecule has 0 unspecified atom stereocenters. The lowest BCUT2D eigenvalue weighted by Gasteiger charge is -2.24. The predicted octanol–water partition coefficient (Wildman–Crippen LogP) is 3.54. The first-order chi connectivity index (χ1) is 13.3. The summed E-state index contributed by atoms with van der Waals surface area (Å²) in [5, 5.41) is 2.94. The minimum Gasteiger partial charge on any atom is -0.348 e. The summed E-state index contributed by atoms with van der Waals surface area (Å²) in [6, 6.07) is 13.3. The Balaban J connectivity index is 1.73. The molecule has 0 heterocycles. The molecule has 1 N–H and O–H groups in total. The minimum atomic E-state index is -3.58. The summed E-state index contributed by atoms with van der Waals surface area (Å²) >= 11 is 1.53. The molecule has 150 valence electrons. The number of rotatable bonds is 7. The third-order valence-electron chi connectivity index (χ3n) is 5.03. The molecule has 0 spiro atoms. The number of fused-ring (bicyclic) bond motifs is 1. The second-order valence-corrected chi connectivity index (χ2v) is 9.93. The molecule has 5 nitrogen and oxygen atoms in total. The molecule has 7 heteroatoms. The van der Waals surface area contributed by atoms with E-state index in [0.29, 0.717) is 5.69 Å². The lowest BCUT2D eigenvalue weighted by atomic mass is 10.0. The van der Waals surface area contributed by atoms with Crippen LogP contribution in [0.15, 0.2) is 47.4 Å². The van der Waals surface area contributed by atoms with Gasteiger partial charge in [-0.2, -0.15) is 0 Å². The second kappa shape index (κ2) is 8.57. The van der Waals surface area contributed by atoms with E-state index < -0.39 is 10.0 Å². The molecule has 28 heavy (non-hydrogen) atoms. The predicted molar refractivity (Wildman–Crippen MR) is 115 cm³/mol. The average molecular weight is 419 g/mol. The smallest absolute Gasteiger partial charge is 0.241 e. The fourth-order valence-corrected chi connectivity index (χ4v) is 4.83. The molecule has 0 bridgehead atoms. The molecule has 0 saturated heterocycles. The molecular formula is C21H26N2O3S2. The van der Waals surface area contributed by atoms with Gasteiger partial charge in [0.25, 0.3) is 0 Å². The minimum absolute atomic E-state index is 0.183. The monoisotopic (exact) mass is 418 g/mol. The van der Waals surface area contributed by atoms with Crippen molar-refractivity contribution < 1.29 is 13.2 Å². The highest BCUT2D eigenvalue weighted by molar-refractivity contribution is 7.98. The number of carbonyl (C=O) groups excluding carboxylic acids is 1. The van der Waals surface area contributed by atoms with Gasteiger partial charge in [0.05, 0.1) is 18.0 Å². The van der Waals surface area contributed by atoms with Gasteiger partial charge in [0.1, 0.15) is 6.54 Å². The van der Waals surface area contributed by atoms with Gasteiger partial charge in [-0.05, 0) is 67.3 Å². The van der Waals surface area contributed by atoms with E-state index in [1.54, 1.807) is 18.2 Å². The molecule has 2 aromatic rings. The van der Waals surface area contributed by atoms with Gasteiger partial charge in [0.15, 0.2) is 0 Å². The van der Waals surface area contributed by atoms with Crippen LogP contribution in [0.3, 0.4) is 0 Å². The maximum absolute atomic E-state index is 12.6. The van der Waals surface area contributed by atoms with E-state index in [1.165, 1.54) is 29.3 Å². The van der Waals surface area contributed by atoms with Gasteiger partial charge in [-0.25, -0.2) is 8.42 Å². The highest BCUT2D eigenvalue weighted by Crippen LogP contribution is 2.26. The number of carbonyl (C=O) groups is 1. The zero-order chi connectivity index (χ0) is 20.3. The Morgan fingerprint density at radius 3 is 2.64 bits per heavy atom. The highest BCUT2D eigenvalue weighted by Gasteiger charge is 2.22. The molecule has 0 aliphatic heterocycles. The molecule has 1 aliphatic carbocycles. The first-order valence-corrected chi connectivity index (χ1v) is 12.4. The van der Waals surface area contributed by atoms with E-state index in [0.717, 1.165) is 33.9 Å². The van der Waals surface area contributed by atoms with Crippen LogP contribution in [0.4, 0.5) is 5.69 Å². The molecule has 1 aliphatic rings. The van der Waals surface area contributed by atoms with E-state index in [-0.39, 0.29) is 18.5 Å². The molecular weight excluding hydrogens is 392 g/mol. The molecule has 3 rings (SSSR count). The number of hydrogen-bond donors (Lipinski definition) is 1. The second-order valence-electron chi connectivity index (χ2n) is 7.14. The number of nitrogens with one attached hydrogen (secondary N) is 1. The Morgan fingerprint density at radius 2 is 1.93 bits per heavy atom. The number of thioether (sulfide) groups is 1. The van der Waals surface area contributed by atoms with Crippen LogP contribution < -0.4 is 9.62 Å². The average Bonchev–Trinajstić information content (AvgIpc) is 3.13. The number of benzene rings is 2. The fourth-order valence-electron chi connectivity index (χ4n) is 3.53. The van der Waals surface area contributed by atoms with Gasteiger partial charge in [-0.15, -0.1) is 11.8 Å². The number of sulfonamides is 1. The topological polar surface area (TPSA) is 66.5 Å². The number of nitrogens with zero attached hydrogens (tertiary/aromatic N) is 1. The third kappa shape index (κ3) is 4.89. The van der Waals surface area contributed by atoms with E-state index in [9.17, 15) is 13.2 Å². The van der Waals surface area contributed by atoms with Crippen molar-refractivity contribution in [2.45, 2.75) is 37.1 Å². The Morgan fingerprint density at radius 1 is 1.18 bits per heavy atom. The molecule has 0 fully saturated rings. The van der Waals surface area contributed by atoms with E-state index >= 15 is 0 Å². The molecule has 0 aromatic heterocycles. The van der Waals surface area contributed by atoms with E-state index in [4.69, 9.17) is 0 Å². The summed E-state index contributed by atoms with van der Waals surface area (Å²) in [6.07, 6.45) is 6.43. The lowest BCUT2D eigenvalue weighted by molar-refractivity contribution is -0.120. The van der Waals surface area contributed by atoms with Crippen molar-refractivity contribution in [3.05, 3.63) is 59.2 Å². The van der Waals surface area contributed by atoms with Crippen molar-refractivity contribution in [2.24, 2.45) is 0 Å². The van der Waals surface area contributed by atoms with Crippen molar-refractivity contribution in [3.63, 3.8) is 0 Å². The van der Waals surface area contributed by atoms with Gasteiger partial charge in [-0.3, -0.25) is 9.10 Å². The highest BCUT2D eigenvalue weighted by atomic mass is 32.2. The van der Waals surface area contributed by atoms with Crippen LogP contribution in [-0.4, -0.2) is 33.4 Å². The Kier molecular flexibility index (Phi) is 6.35. The number of anilines is 1. The number of aryl methyl sites for hydroxylation is 2. The Labute approximate surface area is 171 Å². The van der Waals surface area contributed by atoms with Crippen LogP contribution in [0.2, 0.25) is 0 Å². The van der Waals surface area contributed by atoms with Crippen LogP contribution in [-0.2, 0) is 27.7 Å². The number of amides is 1. The van der Waals surface area contributed by atoms with Crippen LogP contribution in [0.25, 0.3) is 0 Å². The van der Waals surface area contributed by atoms with E-state index in [2.05, 4.69) is 17.4 Å². The molecule has 1 amide bonds. The van der Waals surface area contributed by atoms with Gasteiger partial charge >= 0.3 is 0 Å². The number of hydrogen-bond acceptors (Lipinski definition) is 4. The van der Waals surface area contributed by atoms with Crippen LogP contribution in [0.5, 0.6) is 0 Å². The first-order valence-electron chi connectivity index (χ1n) is 9.31. The van der Waals surface area contributed by atoms with Crippen molar-refractivity contribution in [1.82, 2.24) is 5.32 Å². The summed E-state index contributed by atoms with van der Waals surface area (Å²) in [7, 11) is -3.58. The maximum Gasteiger partial charge on any atom is 0.241 e. The summed E-state index contributed by atoms with van der Waals surface area (Å²) in [4.78, 5) is 13.6. The van der Waals surface area contributed by atoms with Crippen molar-refractivity contribution in [1.29, 1.82) is 0 Å². The van der Waals surface area contributed by atoms with Gasteiger partial charge in [0, 0.05) is 4.90 Å². The summed E-state index contributed by atoms with van der Waals surface area (Å²) < 4.78 is 25.7. The largest absolute Gasteiger partial charge is 0.348 e. The van der Waals surface area contributed by atoms with E-state index in [1.807, 2.05) is 25.3 Å². The molecule has 0 saturated carbocycles. The summed E-state index contributed by atoms with van der Waals surface area (Å²) in [6.45, 7) is 1.68. The van der Waals surface area contributed by atoms with Crippen molar-refractivity contribution in [3.8, 4) is 0 Å². The lowest BCUT2D eigenvalue weighted by Crippen LogP contribution is -2.41. The van der Waals surface area contributed by atoms with Gasteiger partial charge in [-0.1, -0.05) is 24.3 Å². The summed E-state index contributed by atoms with van der Waals surface area (Å²) in [5.41, 5.74) is 4.28. The van der Waals surface area contributed by atoms with Gasteiger partial charge < -0.3 is 5.32 Å². The first kappa shape index (κ1) is 20.7. The molecule has 1 atom stereocenters. The standard InChI is InChI=1S/C21H26N2O3S2/c1-15(17-11-10-16-6-4-7-18(16)12-17)22-21(24)14-23(28(3,25)26)19-8-5-9-20(13-19)27-2/h5,8-13,15H,4,6-7,14H2,1-3H3,(H,22,24)/t15-/m1/s1. The third-order valence-corrected chi connectivity index (χ3v) is 6.89. The van der Waals surface area contributed by atoms with Crippen LogP contribution >= 0.6 is 11.8 Å². The SMILES string of the molecule is CSc1cccc(N(CC(=O)N[C@H](C)c2ccc3c(c2)CCC3)S(C)(=O)=O)c1. The summed E-state index contributed by atoms with van der Waals surface area (Å²) in [5.74, 6) is -0.326. The quantitative estimate of drug-likeness (QED) is 0.699. The normalized spacial score (nSPS) is 14.4. The fraction of sp³-hybridized carbons (Fsp3) is 0.381. The Bertz CT molecular complexity index is 973. The Hall–Kier alpha value is -1.99. The van der Waals surface area contributed by atoms with Gasteiger partial charge in [0.2, 0.25) is 15.9 Å². The van der Waals surface area contributed by atoms with Crippen LogP contribution in [0, 0.1) is 0 Å². The van der Waals surface area contributed by atoms with Crippen molar-refractivity contribution in [2.75, 3.05) is 23.4 Å². The zero-order valence-electron chi connectivity index (χ0n) is 16.4. The van der Waals surface area contributed by atoms with Crippen molar-refractivity contribution >= 4 is 33.4 Å². The maximum atomic E-state index is 12.6. The molecule has 0 radical (unpaired) electrons. The van der Waals surface area contributed by atoms with Crippen LogP contribution in [0.1, 0.15) is 36.1 Å². The molecule has 2 aromatic carbocycles.